The zero-order chi connectivity index (χ0) is 21.1. The molecule has 0 aliphatic carbocycles. The van der Waals surface area contributed by atoms with Gasteiger partial charge in [0, 0.05) is 17.7 Å². The standard InChI is InChI=1S/C16H14ClF3NO6P/c1-2-9-5-12(21(22)23)15(26-8-28(24)25)7-14(9)27-13-4-3-10(6-11(13)17)16(18,19)20/h3-7,28H,2,8H2,1H3,(H,24,25). The van der Waals surface area contributed by atoms with E-state index in [4.69, 9.17) is 26.0 Å². The average molecular weight is 440 g/mol. The molecule has 0 spiro atoms. The van der Waals surface area contributed by atoms with E-state index in [2.05, 4.69) is 0 Å². The van der Waals surface area contributed by atoms with Crippen LogP contribution in [0.15, 0.2) is 30.3 Å². The first-order valence-corrected chi connectivity index (χ1v) is 9.67. The van der Waals surface area contributed by atoms with Crippen LogP contribution < -0.4 is 9.47 Å². The van der Waals surface area contributed by atoms with Crippen molar-refractivity contribution in [3.05, 3.63) is 56.6 Å². The molecule has 0 fully saturated rings. The average Bonchev–Trinajstić information content (AvgIpc) is 2.60. The number of alkyl halides is 3. The summed E-state index contributed by atoms with van der Waals surface area (Å²) in [6.45, 7) is 1.69. The SMILES string of the molecule is CCc1cc([N+](=O)[O-])c(OC[PH](=O)O)cc1Oc1ccc(C(F)(F)F)cc1Cl. The Morgan fingerprint density at radius 1 is 1.21 bits per heavy atom. The van der Waals surface area contributed by atoms with Gasteiger partial charge in [0.2, 0.25) is 13.8 Å². The van der Waals surface area contributed by atoms with Crippen LogP contribution in [-0.2, 0) is 17.2 Å². The molecule has 28 heavy (non-hydrogen) atoms. The van der Waals surface area contributed by atoms with Crippen molar-refractivity contribution in [1.82, 2.24) is 0 Å². The first-order chi connectivity index (χ1) is 13.0. The van der Waals surface area contributed by atoms with Gasteiger partial charge in [-0.05, 0) is 24.6 Å². The summed E-state index contributed by atoms with van der Waals surface area (Å²) in [7, 11) is -3.05. The van der Waals surface area contributed by atoms with Crippen molar-refractivity contribution in [1.29, 1.82) is 0 Å². The molecule has 7 nitrogen and oxygen atoms in total. The molecule has 0 radical (unpaired) electrons. The topological polar surface area (TPSA) is 98.9 Å². The number of rotatable bonds is 7. The summed E-state index contributed by atoms with van der Waals surface area (Å²) in [6.07, 6.45) is -4.92. The van der Waals surface area contributed by atoms with Crippen molar-refractivity contribution < 1.29 is 37.0 Å². The maximum atomic E-state index is 12.7. The Balaban J connectivity index is 2.45. The van der Waals surface area contributed by atoms with Crippen LogP contribution in [0.3, 0.4) is 0 Å². The molecular weight excluding hydrogens is 426 g/mol. The number of ether oxygens (including phenoxy) is 2. The minimum atomic E-state index is -4.58. The zero-order valence-corrected chi connectivity index (χ0v) is 16.0. The van der Waals surface area contributed by atoms with Crippen molar-refractivity contribution in [2.45, 2.75) is 19.5 Å². The second-order valence-electron chi connectivity index (χ2n) is 5.47. The third-order valence-corrected chi connectivity index (χ3v) is 4.24. The molecule has 152 valence electrons. The van der Waals surface area contributed by atoms with Gasteiger partial charge in [0.15, 0.2) is 6.35 Å². The number of halogens is 4. The van der Waals surface area contributed by atoms with E-state index in [9.17, 15) is 27.9 Å². The van der Waals surface area contributed by atoms with Gasteiger partial charge < -0.3 is 14.4 Å². The molecule has 0 amide bonds. The molecule has 2 aromatic carbocycles. The van der Waals surface area contributed by atoms with Crippen LogP contribution in [-0.4, -0.2) is 16.2 Å². The summed E-state index contributed by atoms with van der Waals surface area (Å²) >= 11 is 5.87. The van der Waals surface area contributed by atoms with E-state index in [0.29, 0.717) is 18.1 Å². The number of nitro benzene ring substituents is 1. The van der Waals surface area contributed by atoms with Crippen molar-refractivity contribution in [3.8, 4) is 17.2 Å². The number of hydrogen-bond donors (Lipinski definition) is 1. The lowest BCUT2D eigenvalue weighted by atomic mass is 10.1. The largest absolute Gasteiger partial charge is 0.477 e. The van der Waals surface area contributed by atoms with Crippen molar-refractivity contribution >= 4 is 25.3 Å². The van der Waals surface area contributed by atoms with Gasteiger partial charge in [0.05, 0.1) is 15.5 Å². The molecule has 0 heterocycles. The maximum Gasteiger partial charge on any atom is 0.416 e. The van der Waals surface area contributed by atoms with Crippen LogP contribution in [0.4, 0.5) is 18.9 Å². The Bertz CT molecular complexity index is 922. The minimum Gasteiger partial charge on any atom is -0.477 e. The van der Waals surface area contributed by atoms with Crippen molar-refractivity contribution in [2.75, 3.05) is 6.35 Å². The van der Waals surface area contributed by atoms with Crippen LogP contribution in [0, 0.1) is 10.1 Å². The maximum absolute atomic E-state index is 12.7. The van der Waals surface area contributed by atoms with Crippen molar-refractivity contribution in [2.24, 2.45) is 0 Å². The molecule has 2 aromatic rings. The van der Waals surface area contributed by atoms with Crippen LogP contribution >= 0.6 is 19.6 Å². The van der Waals surface area contributed by atoms with E-state index >= 15 is 0 Å². The Labute approximate surface area is 162 Å². The quantitative estimate of drug-likeness (QED) is 0.351. The summed E-state index contributed by atoms with van der Waals surface area (Å²) in [5, 5.41) is 10.9. The van der Waals surface area contributed by atoms with E-state index in [0.717, 1.165) is 24.3 Å². The molecule has 0 aliphatic rings. The van der Waals surface area contributed by atoms with Crippen LogP contribution in [0.1, 0.15) is 18.1 Å². The second-order valence-corrected chi connectivity index (χ2v) is 6.95. The summed E-state index contributed by atoms with van der Waals surface area (Å²) in [6, 6.07) is 4.81. The van der Waals surface area contributed by atoms with Gasteiger partial charge in [-0.2, -0.15) is 13.2 Å². The lowest BCUT2D eigenvalue weighted by molar-refractivity contribution is -0.385. The summed E-state index contributed by atoms with van der Waals surface area (Å²) in [5.41, 5.74) is -1.03. The molecule has 0 saturated carbocycles. The Kier molecular flexibility index (Phi) is 6.92. The summed E-state index contributed by atoms with van der Waals surface area (Å²) in [5.74, 6) is -0.352. The van der Waals surface area contributed by atoms with Gasteiger partial charge in [0.1, 0.15) is 11.5 Å². The molecule has 0 aromatic heterocycles. The molecule has 1 N–H and O–H groups in total. The number of aryl methyl sites for hydroxylation is 1. The van der Waals surface area contributed by atoms with Gasteiger partial charge in [-0.3, -0.25) is 14.7 Å². The summed E-state index contributed by atoms with van der Waals surface area (Å²) < 4.78 is 59.7. The first kappa shape index (κ1) is 22.0. The fraction of sp³-hybridized carbons (Fsp3) is 0.250. The molecule has 0 saturated heterocycles. The molecule has 1 atom stereocenters. The predicted molar refractivity (Wildman–Crippen MR) is 95.7 cm³/mol. The summed E-state index contributed by atoms with van der Waals surface area (Å²) in [4.78, 5) is 19.4. The van der Waals surface area contributed by atoms with E-state index in [1.807, 2.05) is 0 Å². The lowest BCUT2D eigenvalue weighted by Crippen LogP contribution is -2.05. The predicted octanol–water partition coefficient (Wildman–Crippen LogP) is 5.43. The molecule has 0 bridgehead atoms. The van der Waals surface area contributed by atoms with Crippen LogP contribution in [0.5, 0.6) is 17.2 Å². The number of nitrogens with zero attached hydrogens (tertiary/aromatic N) is 1. The second kappa shape index (κ2) is 8.81. The Morgan fingerprint density at radius 3 is 2.39 bits per heavy atom. The van der Waals surface area contributed by atoms with Gasteiger partial charge in [-0.1, -0.05) is 18.5 Å². The normalized spacial score (nSPS) is 12.5. The van der Waals surface area contributed by atoms with Crippen LogP contribution in [0.25, 0.3) is 0 Å². The van der Waals surface area contributed by atoms with E-state index < -0.39 is 36.7 Å². The minimum absolute atomic E-state index is 0.0577. The number of hydrogen-bond acceptors (Lipinski definition) is 5. The Hall–Kier alpha value is -2.29. The number of nitro groups is 1. The Morgan fingerprint density at radius 2 is 1.89 bits per heavy atom. The van der Waals surface area contributed by atoms with E-state index in [1.54, 1.807) is 6.92 Å². The fourth-order valence-electron chi connectivity index (χ4n) is 2.24. The third-order valence-electron chi connectivity index (χ3n) is 3.55. The first-order valence-electron chi connectivity index (χ1n) is 7.73. The monoisotopic (exact) mass is 439 g/mol. The van der Waals surface area contributed by atoms with Crippen molar-refractivity contribution in [3.63, 3.8) is 0 Å². The van der Waals surface area contributed by atoms with Gasteiger partial charge in [0.25, 0.3) is 0 Å². The lowest BCUT2D eigenvalue weighted by Gasteiger charge is -2.15. The van der Waals surface area contributed by atoms with Gasteiger partial charge >= 0.3 is 11.9 Å². The zero-order valence-electron chi connectivity index (χ0n) is 14.2. The van der Waals surface area contributed by atoms with E-state index in [1.165, 1.54) is 0 Å². The smallest absolute Gasteiger partial charge is 0.416 e. The van der Waals surface area contributed by atoms with Gasteiger partial charge in [-0.25, -0.2) is 0 Å². The third kappa shape index (κ3) is 5.37. The van der Waals surface area contributed by atoms with Crippen LogP contribution in [0.2, 0.25) is 5.02 Å². The van der Waals surface area contributed by atoms with Gasteiger partial charge in [-0.15, -0.1) is 0 Å². The molecule has 0 aliphatic heterocycles. The number of benzene rings is 2. The molecule has 12 heteroatoms. The molecule has 2 rings (SSSR count). The fourth-order valence-corrected chi connectivity index (χ4v) is 2.74. The highest BCUT2D eigenvalue weighted by Crippen LogP contribution is 2.41. The highest BCUT2D eigenvalue weighted by atomic mass is 35.5. The highest BCUT2D eigenvalue weighted by Gasteiger charge is 2.31. The molecular formula is C16H14ClF3NO6P. The van der Waals surface area contributed by atoms with E-state index in [-0.39, 0.29) is 22.3 Å². The molecule has 1 unspecified atom stereocenters. The highest BCUT2D eigenvalue weighted by molar-refractivity contribution is 7.37.